The first kappa shape index (κ1) is 13.0. The van der Waals surface area contributed by atoms with Gasteiger partial charge in [0.2, 0.25) is 0 Å². The molecule has 0 atom stereocenters. The average Bonchev–Trinajstić information content (AvgIpc) is 2.32. The zero-order chi connectivity index (χ0) is 13.2. The highest BCUT2D eigenvalue weighted by Gasteiger charge is 2.29. The highest BCUT2D eigenvalue weighted by atomic mass is 16.6. The van der Waals surface area contributed by atoms with Gasteiger partial charge in [-0.05, 0) is 19.4 Å². The Morgan fingerprint density at radius 2 is 2.06 bits per heavy atom. The minimum Gasteiger partial charge on any atom is -0.314 e. The van der Waals surface area contributed by atoms with Gasteiger partial charge >= 0.3 is 0 Å². The van der Waals surface area contributed by atoms with Crippen molar-refractivity contribution in [1.29, 1.82) is 0 Å². The van der Waals surface area contributed by atoms with Crippen LogP contribution in [0.1, 0.15) is 19.4 Å². The van der Waals surface area contributed by atoms with E-state index in [1.54, 1.807) is 12.1 Å². The summed E-state index contributed by atoms with van der Waals surface area (Å²) in [5.41, 5.74) is 1.40. The van der Waals surface area contributed by atoms with Gasteiger partial charge in [-0.25, -0.2) is 0 Å². The van der Waals surface area contributed by atoms with E-state index in [0.29, 0.717) is 0 Å². The maximum atomic E-state index is 10.6. The minimum atomic E-state index is -0.363. The van der Waals surface area contributed by atoms with Crippen molar-refractivity contribution in [3.05, 3.63) is 39.9 Å². The van der Waals surface area contributed by atoms with Gasteiger partial charge in [0, 0.05) is 43.9 Å². The molecule has 5 heteroatoms. The average molecular weight is 249 g/mol. The molecule has 0 aliphatic carbocycles. The summed E-state index contributed by atoms with van der Waals surface area (Å²) in [7, 11) is 0. The van der Waals surface area contributed by atoms with Crippen molar-refractivity contribution in [2.24, 2.45) is 0 Å². The van der Waals surface area contributed by atoms with Crippen LogP contribution in [0.25, 0.3) is 0 Å². The standard InChI is InChI=1S/C13H19N3O2/c1-13(2)10-14-7-8-15(13)9-11-3-5-12(6-4-11)16(17)18/h3-6,14H,7-10H2,1-2H3. The van der Waals surface area contributed by atoms with Crippen LogP contribution in [0.5, 0.6) is 0 Å². The highest BCUT2D eigenvalue weighted by Crippen LogP contribution is 2.20. The number of benzene rings is 1. The molecular weight excluding hydrogens is 230 g/mol. The van der Waals surface area contributed by atoms with Crippen LogP contribution in [0.4, 0.5) is 5.69 Å². The van der Waals surface area contributed by atoms with Gasteiger partial charge in [0.25, 0.3) is 5.69 Å². The van der Waals surface area contributed by atoms with E-state index in [0.717, 1.165) is 31.7 Å². The molecule has 0 bridgehead atoms. The number of hydrogen-bond donors (Lipinski definition) is 1. The summed E-state index contributed by atoms with van der Waals surface area (Å²) in [5, 5.41) is 14.0. The lowest BCUT2D eigenvalue weighted by Gasteiger charge is -2.42. The number of nitro benzene ring substituents is 1. The van der Waals surface area contributed by atoms with Gasteiger partial charge < -0.3 is 5.32 Å². The molecule has 5 nitrogen and oxygen atoms in total. The van der Waals surface area contributed by atoms with Crippen molar-refractivity contribution in [2.45, 2.75) is 25.9 Å². The SMILES string of the molecule is CC1(C)CNCCN1Cc1ccc([N+](=O)[O-])cc1. The molecule has 1 saturated heterocycles. The number of piperazine rings is 1. The number of rotatable bonds is 3. The summed E-state index contributed by atoms with van der Waals surface area (Å²) in [6.45, 7) is 8.24. The summed E-state index contributed by atoms with van der Waals surface area (Å²) in [6.07, 6.45) is 0. The summed E-state index contributed by atoms with van der Waals surface area (Å²) >= 11 is 0. The van der Waals surface area contributed by atoms with Crippen LogP contribution in [-0.2, 0) is 6.54 Å². The summed E-state index contributed by atoms with van der Waals surface area (Å²) < 4.78 is 0. The normalized spacial score (nSPS) is 19.7. The molecule has 1 heterocycles. The smallest absolute Gasteiger partial charge is 0.269 e. The van der Waals surface area contributed by atoms with Gasteiger partial charge in [0.05, 0.1) is 4.92 Å². The second kappa shape index (κ2) is 5.04. The number of non-ortho nitro benzene ring substituents is 1. The van der Waals surface area contributed by atoms with Crippen LogP contribution in [0.2, 0.25) is 0 Å². The molecule has 1 N–H and O–H groups in total. The largest absolute Gasteiger partial charge is 0.314 e. The van der Waals surface area contributed by atoms with Gasteiger partial charge in [-0.1, -0.05) is 12.1 Å². The second-order valence-corrected chi connectivity index (χ2v) is 5.33. The Kier molecular flexibility index (Phi) is 3.63. The van der Waals surface area contributed by atoms with Crippen molar-refractivity contribution >= 4 is 5.69 Å². The van der Waals surface area contributed by atoms with E-state index >= 15 is 0 Å². The summed E-state index contributed by atoms with van der Waals surface area (Å²) in [5.74, 6) is 0. The maximum Gasteiger partial charge on any atom is 0.269 e. The molecule has 0 amide bonds. The third-order valence-corrected chi connectivity index (χ3v) is 3.49. The fraction of sp³-hybridized carbons (Fsp3) is 0.538. The first-order valence-electron chi connectivity index (χ1n) is 6.18. The van der Waals surface area contributed by atoms with Gasteiger partial charge in [-0.2, -0.15) is 0 Å². The lowest BCUT2D eigenvalue weighted by molar-refractivity contribution is -0.384. The molecule has 1 fully saturated rings. The van der Waals surface area contributed by atoms with Crippen LogP contribution < -0.4 is 5.32 Å². The van der Waals surface area contributed by atoms with Crippen molar-refractivity contribution in [3.63, 3.8) is 0 Å². The van der Waals surface area contributed by atoms with Gasteiger partial charge in [-0.3, -0.25) is 15.0 Å². The van der Waals surface area contributed by atoms with Gasteiger partial charge in [0.15, 0.2) is 0 Å². The Morgan fingerprint density at radius 1 is 1.39 bits per heavy atom. The van der Waals surface area contributed by atoms with E-state index in [4.69, 9.17) is 0 Å². The number of nitro groups is 1. The Bertz CT molecular complexity index is 428. The molecule has 0 saturated carbocycles. The quantitative estimate of drug-likeness (QED) is 0.655. The van der Waals surface area contributed by atoms with E-state index in [-0.39, 0.29) is 16.1 Å². The predicted molar refractivity (Wildman–Crippen MR) is 70.5 cm³/mol. The Hall–Kier alpha value is -1.46. The molecule has 18 heavy (non-hydrogen) atoms. The summed E-state index contributed by atoms with van der Waals surface area (Å²) in [6, 6.07) is 6.83. The molecular formula is C13H19N3O2. The molecule has 98 valence electrons. The molecule has 1 aliphatic rings. The third kappa shape index (κ3) is 2.86. The fourth-order valence-electron chi connectivity index (χ4n) is 2.26. The second-order valence-electron chi connectivity index (χ2n) is 5.33. The number of hydrogen-bond acceptors (Lipinski definition) is 4. The van der Waals surface area contributed by atoms with E-state index in [2.05, 4.69) is 24.1 Å². The molecule has 0 aromatic heterocycles. The van der Waals surface area contributed by atoms with Gasteiger partial charge in [-0.15, -0.1) is 0 Å². The third-order valence-electron chi connectivity index (χ3n) is 3.49. The monoisotopic (exact) mass is 249 g/mol. The Balaban J connectivity index is 2.06. The van der Waals surface area contributed by atoms with Crippen molar-refractivity contribution < 1.29 is 4.92 Å². The highest BCUT2D eigenvalue weighted by molar-refractivity contribution is 5.32. The molecule has 1 aliphatic heterocycles. The lowest BCUT2D eigenvalue weighted by Crippen LogP contribution is -2.57. The molecule has 0 spiro atoms. The van der Waals surface area contributed by atoms with E-state index in [9.17, 15) is 10.1 Å². The van der Waals surface area contributed by atoms with Crippen LogP contribution in [0, 0.1) is 10.1 Å². The molecule has 1 aromatic rings. The number of nitrogens with one attached hydrogen (secondary N) is 1. The Morgan fingerprint density at radius 3 is 2.61 bits per heavy atom. The zero-order valence-corrected chi connectivity index (χ0v) is 10.8. The van der Waals surface area contributed by atoms with E-state index in [1.807, 2.05) is 12.1 Å². The first-order chi connectivity index (χ1) is 8.49. The van der Waals surface area contributed by atoms with Crippen LogP contribution in [-0.4, -0.2) is 35.0 Å². The predicted octanol–water partition coefficient (Wildman–Crippen LogP) is 1.78. The van der Waals surface area contributed by atoms with Crippen molar-refractivity contribution in [2.75, 3.05) is 19.6 Å². The topological polar surface area (TPSA) is 58.4 Å². The maximum absolute atomic E-state index is 10.6. The molecule has 0 radical (unpaired) electrons. The number of nitrogens with zero attached hydrogens (tertiary/aromatic N) is 2. The lowest BCUT2D eigenvalue weighted by atomic mass is 9.99. The van der Waals surface area contributed by atoms with Crippen LogP contribution in [0.3, 0.4) is 0 Å². The zero-order valence-electron chi connectivity index (χ0n) is 10.8. The first-order valence-corrected chi connectivity index (χ1v) is 6.18. The van der Waals surface area contributed by atoms with Gasteiger partial charge in [0.1, 0.15) is 0 Å². The van der Waals surface area contributed by atoms with Crippen molar-refractivity contribution in [3.8, 4) is 0 Å². The summed E-state index contributed by atoms with van der Waals surface area (Å²) in [4.78, 5) is 12.6. The molecule has 1 aromatic carbocycles. The molecule has 0 unspecified atom stereocenters. The Labute approximate surface area is 107 Å². The van der Waals surface area contributed by atoms with Crippen LogP contribution >= 0.6 is 0 Å². The van der Waals surface area contributed by atoms with E-state index < -0.39 is 0 Å². The van der Waals surface area contributed by atoms with Crippen LogP contribution in [0.15, 0.2) is 24.3 Å². The fourth-order valence-corrected chi connectivity index (χ4v) is 2.26. The van der Waals surface area contributed by atoms with E-state index in [1.165, 1.54) is 0 Å². The minimum absolute atomic E-state index is 0.125. The van der Waals surface area contributed by atoms with Crippen molar-refractivity contribution in [1.82, 2.24) is 10.2 Å². The molecule has 2 rings (SSSR count).